The molecule has 14 heavy (non-hydrogen) atoms. The molecule has 0 saturated heterocycles. The molecule has 0 unspecified atom stereocenters. The molecule has 72 valence electrons. The summed E-state index contributed by atoms with van der Waals surface area (Å²) in [7, 11) is 1.80. The first-order valence-electron chi connectivity index (χ1n) is 4.15. The van der Waals surface area contributed by atoms with Crippen LogP contribution in [-0.2, 0) is 7.05 Å². The van der Waals surface area contributed by atoms with Crippen LogP contribution in [0.3, 0.4) is 0 Å². The predicted molar refractivity (Wildman–Crippen MR) is 55.3 cm³/mol. The number of aromatic hydroxyl groups is 1. The summed E-state index contributed by atoms with van der Waals surface area (Å²) in [6.07, 6.45) is 1.56. The highest BCUT2D eigenvalue weighted by Gasteiger charge is 2.09. The number of phenols is 1. The third kappa shape index (κ3) is 1.36. The van der Waals surface area contributed by atoms with Crippen molar-refractivity contribution in [3.05, 3.63) is 35.6 Å². The summed E-state index contributed by atoms with van der Waals surface area (Å²) >= 11 is 5.85. The van der Waals surface area contributed by atoms with Gasteiger partial charge < -0.3 is 9.67 Å². The van der Waals surface area contributed by atoms with E-state index in [1.54, 1.807) is 36.0 Å². The van der Waals surface area contributed by atoms with Crippen molar-refractivity contribution in [2.45, 2.75) is 0 Å². The number of benzene rings is 1. The van der Waals surface area contributed by atoms with Crippen LogP contribution in [0.1, 0.15) is 0 Å². The number of nitrogens with zero attached hydrogens (tertiary/aromatic N) is 2. The second kappa shape index (κ2) is 3.35. The van der Waals surface area contributed by atoms with Gasteiger partial charge in [0.1, 0.15) is 16.7 Å². The third-order valence-electron chi connectivity index (χ3n) is 2.08. The molecule has 0 saturated carbocycles. The van der Waals surface area contributed by atoms with Crippen LogP contribution in [0.5, 0.6) is 5.75 Å². The van der Waals surface area contributed by atoms with Crippen LogP contribution in [0.15, 0.2) is 30.5 Å². The van der Waals surface area contributed by atoms with Crippen LogP contribution < -0.4 is 0 Å². The van der Waals surface area contributed by atoms with Crippen molar-refractivity contribution in [3.8, 4) is 17.1 Å². The summed E-state index contributed by atoms with van der Waals surface area (Å²) in [5.74, 6) is 0.867. The third-order valence-corrected chi connectivity index (χ3v) is 2.43. The zero-order valence-corrected chi connectivity index (χ0v) is 8.36. The fourth-order valence-electron chi connectivity index (χ4n) is 1.30. The lowest BCUT2D eigenvalue weighted by molar-refractivity contribution is 0.476. The average molecular weight is 209 g/mol. The standard InChI is InChI=1S/C10H9ClN2O/c1-13-9(11)6-12-10(13)7-4-2-3-5-8(7)14/h2-6,14H,1H3. The Balaban J connectivity index is 2.60. The van der Waals surface area contributed by atoms with Crippen LogP contribution in [0.4, 0.5) is 0 Å². The minimum atomic E-state index is 0.206. The van der Waals surface area contributed by atoms with Gasteiger partial charge in [-0.25, -0.2) is 4.98 Å². The van der Waals surface area contributed by atoms with E-state index in [0.29, 0.717) is 16.5 Å². The van der Waals surface area contributed by atoms with E-state index in [4.69, 9.17) is 11.6 Å². The number of rotatable bonds is 1. The van der Waals surface area contributed by atoms with Gasteiger partial charge >= 0.3 is 0 Å². The van der Waals surface area contributed by atoms with Gasteiger partial charge in [0.05, 0.1) is 11.8 Å². The molecule has 4 heteroatoms. The topological polar surface area (TPSA) is 38.0 Å². The Kier molecular flexibility index (Phi) is 2.17. The molecule has 2 rings (SSSR count). The maximum atomic E-state index is 9.60. The van der Waals surface area contributed by atoms with Crippen molar-refractivity contribution in [2.24, 2.45) is 7.05 Å². The van der Waals surface area contributed by atoms with E-state index < -0.39 is 0 Å². The lowest BCUT2D eigenvalue weighted by Crippen LogP contribution is -1.92. The SMILES string of the molecule is Cn1c(Cl)cnc1-c1ccccc1O. The van der Waals surface area contributed by atoms with Crippen molar-refractivity contribution in [3.63, 3.8) is 0 Å². The number of imidazole rings is 1. The van der Waals surface area contributed by atoms with Gasteiger partial charge in [-0.05, 0) is 12.1 Å². The van der Waals surface area contributed by atoms with Gasteiger partial charge in [0.25, 0.3) is 0 Å². The van der Waals surface area contributed by atoms with Crippen molar-refractivity contribution < 1.29 is 5.11 Å². The largest absolute Gasteiger partial charge is 0.507 e. The predicted octanol–water partition coefficient (Wildman–Crippen LogP) is 2.45. The summed E-state index contributed by atoms with van der Waals surface area (Å²) in [5.41, 5.74) is 0.682. The highest BCUT2D eigenvalue weighted by atomic mass is 35.5. The molecule has 0 spiro atoms. The van der Waals surface area contributed by atoms with Crippen molar-refractivity contribution in [1.29, 1.82) is 0 Å². The summed E-state index contributed by atoms with van der Waals surface area (Å²) in [6.45, 7) is 0. The zero-order chi connectivity index (χ0) is 10.1. The summed E-state index contributed by atoms with van der Waals surface area (Å²) in [6, 6.07) is 7.03. The summed E-state index contributed by atoms with van der Waals surface area (Å²) in [4.78, 5) is 4.12. The number of hydrogen-bond acceptors (Lipinski definition) is 2. The smallest absolute Gasteiger partial charge is 0.144 e. The van der Waals surface area contributed by atoms with Crippen LogP contribution in [0, 0.1) is 0 Å². The van der Waals surface area contributed by atoms with Crippen molar-refractivity contribution in [2.75, 3.05) is 0 Å². The molecule has 0 radical (unpaired) electrons. The summed E-state index contributed by atoms with van der Waals surface area (Å²) in [5, 5.41) is 10.1. The lowest BCUT2D eigenvalue weighted by atomic mass is 10.2. The van der Waals surface area contributed by atoms with E-state index in [9.17, 15) is 5.11 Å². The Bertz CT molecular complexity index is 465. The van der Waals surface area contributed by atoms with E-state index in [1.165, 1.54) is 0 Å². The first-order valence-corrected chi connectivity index (χ1v) is 4.53. The Morgan fingerprint density at radius 1 is 1.36 bits per heavy atom. The molecule has 1 aromatic carbocycles. The van der Waals surface area contributed by atoms with Gasteiger partial charge in [-0.15, -0.1) is 0 Å². The molecule has 1 N–H and O–H groups in total. The first kappa shape index (κ1) is 9.09. The fourth-order valence-corrected chi connectivity index (χ4v) is 1.43. The Morgan fingerprint density at radius 3 is 2.64 bits per heavy atom. The molecule has 0 fully saturated rings. The average Bonchev–Trinajstić information content (AvgIpc) is 2.49. The Labute approximate surface area is 86.6 Å². The quantitative estimate of drug-likeness (QED) is 0.782. The van der Waals surface area contributed by atoms with E-state index in [2.05, 4.69) is 4.98 Å². The maximum Gasteiger partial charge on any atom is 0.144 e. The fraction of sp³-hybridized carbons (Fsp3) is 0.100. The number of phenolic OH excluding ortho intramolecular Hbond substituents is 1. The molecule has 0 bridgehead atoms. The summed E-state index contributed by atoms with van der Waals surface area (Å²) < 4.78 is 1.72. The maximum absolute atomic E-state index is 9.60. The molecule has 0 amide bonds. The van der Waals surface area contributed by atoms with Crippen LogP contribution in [0.25, 0.3) is 11.4 Å². The molecule has 3 nitrogen and oxygen atoms in total. The molecular formula is C10H9ClN2O. The first-order chi connectivity index (χ1) is 6.70. The second-order valence-corrected chi connectivity index (χ2v) is 3.37. The normalized spacial score (nSPS) is 10.4. The van der Waals surface area contributed by atoms with Gasteiger partial charge in [-0.2, -0.15) is 0 Å². The van der Waals surface area contributed by atoms with Crippen LogP contribution in [-0.4, -0.2) is 14.7 Å². The van der Waals surface area contributed by atoms with Crippen molar-refractivity contribution >= 4 is 11.6 Å². The number of aromatic nitrogens is 2. The molecule has 0 aliphatic heterocycles. The van der Waals surface area contributed by atoms with E-state index >= 15 is 0 Å². The van der Waals surface area contributed by atoms with Gasteiger partial charge in [0, 0.05) is 7.05 Å². The van der Waals surface area contributed by atoms with Gasteiger partial charge in [-0.1, -0.05) is 23.7 Å². The molecule has 0 aliphatic carbocycles. The highest BCUT2D eigenvalue weighted by Crippen LogP contribution is 2.28. The zero-order valence-electron chi connectivity index (χ0n) is 7.61. The molecule has 1 heterocycles. The van der Waals surface area contributed by atoms with Gasteiger partial charge in [0.15, 0.2) is 0 Å². The van der Waals surface area contributed by atoms with Crippen LogP contribution >= 0.6 is 11.6 Å². The molecule has 0 atom stereocenters. The number of halogens is 1. The van der Waals surface area contributed by atoms with Crippen LogP contribution in [0.2, 0.25) is 5.15 Å². The second-order valence-electron chi connectivity index (χ2n) is 2.98. The number of hydrogen-bond donors (Lipinski definition) is 1. The lowest BCUT2D eigenvalue weighted by Gasteiger charge is -2.04. The van der Waals surface area contributed by atoms with E-state index in [1.807, 2.05) is 6.07 Å². The van der Waals surface area contributed by atoms with E-state index in [-0.39, 0.29) is 5.75 Å². The number of para-hydroxylation sites is 1. The minimum absolute atomic E-state index is 0.206. The molecule has 1 aromatic heterocycles. The molecule has 0 aliphatic rings. The molecular weight excluding hydrogens is 200 g/mol. The van der Waals surface area contributed by atoms with Gasteiger partial charge in [0.2, 0.25) is 0 Å². The van der Waals surface area contributed by atoms with E-state index in [0.717, 1.165) is 0 Å². The minimum Gasteiger partial charge on any atom is -0.507 e. The Morgan fingerprint density at radius 2 is 2.07 bits per heavy atom. The molecule has 2 aromatic rings. The Hall–Kier alpha value is -1.48. The van der Waals surface area contributed by atoms with Gasteiger partial charge in [-0.3, -0.25) is 0 Å². The van der Waals surface area contributed by atoms with Crippen molar-refractivity contribution in [1.82, 2.24) is 9.55 Å². The highest BCUT2D eigenvalue weighted by molar-refractivity contribution is 6.29. The monoisotopic (exact) mass is 208 g/mol.